The highest BCUT2D eigenvalue weighted by Crippen LogP contribution is 2.13. The maximum absolute atomic E-state index is 11.7. The van der Waals surface area contributed by atoms with Crippen LogP contribution in [-0.2, 0) is 14.4 Å². The lowest BCUT2D eigenvalue weighted by Crippen LogP contribution is -2.25. The first kappa shape index (κ1) is 19.8. The molecule has 4 heteroatoms. The summed E-state index contributed by atoms with van der Waals surface area (Å²) in [6, 6.07) is 0. The average molecular weight is 297 g/mol. The molecule has 0 aliphatic carbocycles. The SMILES string of the molecule is CCC(CCCCNC(=O)CCC(CC)C(C)=O)C(C)=O. The van der Waals surface area contributed by atoms with Crippen LogP contribution in [-0.4, -0.2) is 24.0 Å². The van der Waals surface area contributed by atoms with E-state index in [9.17, 15) is 14.4 Å². The Labute approximate surface area is 129 Å². The fourth-order valence-corrected chi connectivity index (χ4v) is 2.53. The van der Waals surface area contributed by atoms with Crippen molar-refractivity contribution in [2.75, 3.05) is 6.54 Å². The van der Waals surface area contributed by atoms with Gasteiger partial charge < -0.3 is 5.32 Å². The van der Waals surface area contributed by atoms with Gasteiger partial charge in [-0.2, -0.15) is 0 Å². The molecule has 1 N–H and O–H groups in total. The molecule has 0 saturated carbocycles. The minimum Gasteiger partial charge on any atom is -0.356 e. The third-order valence-corrected chi connectivity index (χ3v) is 4.16. The van der Waals surface area contributed by atoms with Crippen molar-refractivity contribution in [2.45, 2.75) is 72.6 Å². The Bertz CT molecular complexity index is 339. The van der Waals surface area contributed by atoms with E-state index >= 15 is 0 Å². The summed E-state index contributed by atoms with van der Waals surface area (Å²) in [7, 11) is 0. The van der Waals surface area contributed by atoms with Gasteiger partial charge in [-0.1, -0.05) is 20.3 Å². The van der Waals surface area contributed by atoms with Crippen molar-refractivity contribution in [3.05, 3.63) is 0 Å². The average Bonchev–Trinajstić information content (AvgIpc) is 2.42. The van der Waals surface area contributed by atoms with Gasteiger partial charge in [-0.3, -0.25) is 14.4 Å². The molecule has 0 aromatic rings. The number of hydrogen-bond donors (Lipinski definition) is 1. The van der Waals surface area contributed by atoms with E-state index in [0.29, 0.717) is 19.4 Å². The third-order valence-electron chi connectivity index (χ3n) is 4.16. The normalized spacial score (nSPS) is 13.5. The highest BCUT2D eigenvalue weighted by atomic mass is 16.1. The number of Topliss-reactive ketones (excluding diaryl/α,β-unsaturated/α-hetero) is 2. The Kier molecular flexibility index (Phi) is 10.8. The van der Waals surface area contributed by atoms with Crippen LogP contribution in [0.5, 0.6) is 0 Å². The standard InChI is InChI=1S/C17H31NO3/c1-5-15(13(3)19)9-7-8-12-18-17(21)11-10-16(6-2)14(4)20/h15-16H,5-12H2,1-4H3,(H,18,21). The van der Waals surface area contributed by atoms with Crippen LogP contribution < -0.4 is 5.32 Å². The molecule has 0 aromatic carbocycles. The zero-order valence-corrected chi connectivity index (χ0v) is 14.0. The van der Waals surface area contributed by atoms with Crippen molar-refractivity contribution in [1.82, 2.24) is 5.32 Å². The van der Waals surface area contributed by atoms with E-state index in [2.05, 4.69) is 5.32 Å². The molecule has 1 amide bonds. The Hall–Kier alpha value is -1.19. The molecule has 0 aromatic heterocycles. The molecule has 4 nitrogen and oxygen atoms in total. The maximum atomic E-state index is 11.7. The maximum Gasteiger partial charge on any atom is 0.220 e. The van der Waals surface area contributed by atoms with E-state index in [-0.39, 0.29) is 29.3 Å². The summed E-state index contributed by atoms with van der Waals surface area (Å²) in [4.78, 5) is 34.2. The van der Waals surface area contributed by atoms with Gasteiger partial charge in [0.05, 0.1) is 0 Å². The van der Waals surface area contributed by atoms with Gasteiger partial charge in [-0.15, -0.1) is 0 Å². The number of rotatable bonds is 12. The van der Waals surface area contributed by atoms with E-state index in [4.69, 9.17) is 0 Å². The van der Waals surface area contributed by atoms with E-state index < -0.39 is 0 Å². The Morgan fingerprint density at radius 2 is 1.38 bits per heavy atom. The second kappa shape index (κ2) is 11.5. The summed E-state index contributed by atoms with van der Waals surface area (Å²) in [5, 5.41) is 2.89. The molecule has 0 heterocycles. The molecule has 0 aliphatic heterocycles. The fourth-order valence-electron chi connectivity index (χ4n) is 2.53. The van der Waals surface area contributed by atoms with Gasteiger partial charge in [0.15, 0.2) is 0 Å². The third kappa shape index (κ3) is 9.38. The highest BCUT2D eigenvalue weighted by molar-refractivity contribution is 5.80. The molecule has 122 valence electrons. The summed E-state index contributed by atoms with van der Waals surface area (Å²) < 4.78 is 0. The van der Waals surface area contributed by atoms with E-state index in [1.54, 1.807) is 13.8 Å². The minimum absolute atomic E-state index is 0.0108. The molecule has 0 radical (unpaired) electrons. The van der Waals surface area contributed by atoms with Crippen molar-refractivity contribution < 1.29 is 14.4 Å². The fraction of sp³-hybridized carbons (Fsp3) is 0.824. The Morgan fingerprint density at radius 1 is 0.857 bits per heavy atom. The van der Waals surface area contributed by atoms with E-state index in [1.165, 1.54) is 0 Å². The van der Waals surface area contributed by atoms with Gasteiger partial charge in [0.25, 0.3) is 0 Å². The van der Waals surface area contributed by atoms with Crippen LogP contribution in [0.25, 0.3) is 0 Å². The molecule has 0 saturated heterocycles. The van der Waals surface area contributed by atoms with Crippen molar-refractivity contribution >= 4 is 17.5 Å². The zero-order valence-electron chi connectivity index (χ0n) is 14.0. The van der Waals surface area contributed by atoms with Gasteiger partial charge in [0.1, 0.15) is 11.6 Å². The second-order valence-electron chi connectivity index (χ2n) is 5.82. The molecule has 2 atom stereocenters. The van der Waals surface area contributed by atoms with Gasteiger partial charge in [0, 0.05) is 24.8 Å². The Balaban J connectivity index is 3.71. The smallest absolute Gasteiger partial charge is 0.220 e. The highest BCUT2D eigenvalue weighted by Gasteiger charge is 2.14. The molecule has 21 heavy (non-hydrogen) atoms. The van der Waals surface area contributed by atoms with Crippen LogP contribution in [0.1, 0.15) is 72.6 Å². The molecular weight excluding hydrogens is 266 g/mol. The second-order valence-corrected chi connectivity index (χ2v) is 5.82. The summed E-state index contributed by atoms with van der Waals surface area (Å²) in [6.07, 6.45) is 5.52. The van der Waals surface area contributed by atoms with Gasteiger partial charge in [-0.25, -0.2) is 0 Å². The zero-order chi connectivity index (χ0) is 16.3. The quantitative estimate of drug-likeness (QED) is 0.562. The molecule has 0 spiro atoms. The topological polar surface area (TPSA) is 63.2 Å². The number of carbonyl (C=O) groups excluding carboxylic acids is 3. The number of ketones is 2. The lowest BCUT2D eigenvalue weighted by molar-refractivity contribution is -0.123. The number of hydrogen-bond acceptors (Lipinski definition) is 3. The monoisotopic (exact) mass is 297 g/mol. The van der Waals surface area contributed by atoms with Crippen LogP contribution >= 0.6 is 0 Å². The van der Waals surface area contributed by atoms with Crippen LogP contribution in [0, 0.1) is 11.8 Å². The van der Waals surface area contributed by atoms with Gasteiger partial charge in [-0.05, 0) is 46.0 Å². The van der Waals surface area contributed by atoms with Crippen LogP contribution in [0.3, 0.4) is 0 Å². The van der Waals surface area contributed by atoms with Crippen molar-refractivity contribution in [2.24, 2.45) is 11.8 Å². The predicted molar refractivity (Wildman–Crippen MR) is 85.0 cm³/mol. The summed E-state index contributed by atoms with van der Waals surface area (Å²) in [6.45, 7) is 7.90. The number of amides is 1. The van der Waals surface area contributed by atoms with Crippen molar-refractivity contribution in [1.29, 1.82) is 0 Å². The summed E-state index contributed by atoms with van der Waals surface area (Å²) >= 11 is 0. The lowest BCUT2D eigenvalue weighted by Gasteiger charge is -2.12. The number of carbonyl (C=O) groups is 3. The Morgan fingerprint density at radius 3 is 1.86 bits per heavy atom. The minimum atomic E-state index is 0.0108. The van der Waals surface area contributed by atoms with Crippen LogP contribution in [0.4, 0.5) is 0 Å². The summed E-state index contributed by atoms with van der Waals surface area (Å²) in [5.41, 5.74) is 0. The molecule has 2 unspecified atom stereocenters. The molecule has 0 aliphatic rings. The van der Waals surface area contributed by atoms with Crippen LogP contribution in [0.15, 0.2) is 0 Å². The van der Waals surface area contributed by atoms with Crippen molar-refractivity contribution in [3.8, 4) is 0 Å². The van der Waals surface area contributed by atoms with E-state index in [1.807, 2.05) is 13.8 Å². The first-order valence-electron chi connectivity index (χ1n) is 8.19. The van der Waals surface area contributed by atoms with Crippen LogP contribution in [0.2, 0.25) is 0 Å². The molecule has 0 fully saturated rings. The number of nitrogens with one attached hydrogen (secondary N) is 1. The van der Waals surface area contributed by atoms with Gasteiger partial charge >= 0.3 is 0 Å². The predicted octanol–water partition coefficient (Wildman–Crippen LogP) is 3.28. The van der Waals surface area contributed by atoms with Gasteiger partial charge in [0.2, 0.25) is 5.91 Å². The first-order valence-corrected chi connectivity index (χ1v) is 8.19. The lowest BCUT2D eigenvalue weighted by atomic mass is 9.95. The molecule has 0 bridgehead atoms. The first-order chi connectivity index (χ1) is 9.92. The van der Waals surface area contributed by atoms with Crippen molar-refractivity contribution in [3.63, 3.8) is 0 Å². The largest absolute Gasteiger partial charge is 0.356 e. The molecule has 0 rings (SSSR count). The molecular formula is C17H31NO3. The van der Waals surface area contributed by atoms with E-state index in [0.717, 1.165) is 32.1 Å². The summed E-state index contributed by atoms with van der Waals surface area (Å²) in [5.74, 6) is 0.628. The number of unbranched alkanes of at least 4 members (excludes halogenated alkanes) is 1.